The van der Waals surface area contributed by atoms with E-state index >= 15 is 0 Å². The molecule has 1 aliphatic rings. The quantitative estimate of drug-likeness (QED) is 0.445. The van der Waals surface area contributed by atoms with Gasteiger partial charge in [-0.05, 0) is 23.8 Å². The highest BCUT2D eigenvalue weighted by Gasteiger charge is 2.50. The van der Waals surface area contributed by atoms with Crippen molar-refractivity contribution < 1.29 is 19.1 Å². The second-order valence-corrected chi connectivity index (χ2v) is 7.85. The number of amides is 1. The number of para-hydroxylation sites is 2. The van der Waals surface area contributed by atoms with E-state index in [2.05, 4.69) is 0 Å². The monoisotopic (exact) mass is 423 g/mol. The van der Waals surface area contributed by atoms with E-state index in [9.17, 15) is 14.7 Å². The summed E-state index contributed by atoms with van der Waals surface area (Å²) in [6.45, 7) is 0.284. The zero-order valence-electron chi connectivity index (χ0n) is 17.3. The molecule has 3 aromatic carbocycles. The molecule has 0 saturated heterocycles. The maximum atomic E-state index is 13.3. The van der Waals surface area contributed by atoms with Crippen molar-refractivity contribution in [3.8, 4) is 0 Å². The van der Waals surface area contributed by atoms with E-state index < -0.39 is 17.3 Å². The van der Waals surface area contributed by atoms with Crippen molar-refractivity contribution >= 4 is 34.4 Å². The number of benzene rings is 3. The molecule has 1 atom stereocenters. The summed E-state index contributed by atoms with van der Waals surface area (Å²) in [5.41, 5.74) is 0.710. The molecule has 0 radical (unpaired) electrons. The van der Waals surface area contributed by atoms with Crippen molar-refractivity contribution in [3.05, 3.63) is 108 Å². The fraction of sp³-hybridized carbons (Fsp3) is 0.111. The molecule has 1 amide bonds. The van der Waals surface area contributed by atoms with Crippen LogP contribution in [-0.2, 0) is 10.4 Å². The fourth-order valence-electron chi connectivity index (χ4n) is 4.16. The van der Waals surface area contributed by atoms with Gasteiger partial charge in [0, 0.05) is 17.5 Å². The lowest BCUT2D eigenvalue weighted by Crippen LogP contribution is -2.41. The summed E-state index contributed by atoms with van der Waals surface area (Å²) in [7, 11) is 0. The first kappa shape index (κ1) is 20.0. The summed E-state index contributed by atoms with van der Waals surface area (Å²) >= 11 is 0. The van der Waals surface area contributed by atoms with Crippen molar-refractivity contribution in [2.75, 3.05) is 11.4 Å². The predicted molar refractivity (Wildman–Crippen MR) is 123 cm³/mol. The number of carbonyl (C=O) groups excluding carboxylic acids is 2. The summed E-state index contributed by atoms with van der Waals surface area (Å²) < 4.78 is 5.65. The number of hydrogen-bond acceptors (Lipinski definition) is 4. The van der Waals surface area contributed by atoms with Crippen LogP contribution in [-0.4, -0.2) is 23.3 Å². The Balaban J connectivity index is 1.42. The predicted octanol–water partition coefficient (Wildman–Crippen LogP) is 4.95. The Kier molecular flexibility index (Phi) is 4.96. The average Bonchev–Trinajstić information content (AvgIpc) is 3.34. The molecule has 1 aliphatic heterocycles. The van der Waals surface area contributed by atoms with Crippen LogP contribution in [0, 0.1) is 0 Å². The number of fused-ring (bicyclic) bond motifs is 2. The number of furan rings is 1. The molecule has 0 bridgehead atoms. The van der Waals surface area contributed by atoms with Crippen LogP contribution in [0.25, 0.3) is 17.0 Å². The number of rotatable bonds is 6. The van der Waals surface area contributed by atoms with E-state index in [0.29, 0.717) is 16.8 Å². The molecule has 32 heavy (non-hydrogen) atoms. The number of nitrogens with zero attached hydrogens (tertiary/aromatic N) is 1. The summed E-state index contributed by atoms with van der Waals surface area (Å²) in [5, 5.41) is 12.2. The first-order valence-electron chi connectivity index (χ1n) is 10.4. The fourth-order valence-corrected chi connectivity index (χ4v) is 4.16. The molecule has 0 fully saturated rings. The second-order valence-electron chi connectivity index (χ2n) is 7.85. The van der Waals surface area contributed by atoms with Crippen molar-refractivity contribution in [2.45, 2.75) is 12.0 Å². The maximum Gasteiger partial charge on any atom is 0.264 e. The van der Waals surface area contributed by atoms with E-state index in [4.69, 9.17) is 4.42 Å². The summed E-state index contributed by atoms with van der Waals surface area (Å²) in [6, 6.07) is 25.8. The molecule has 0 saturated carbocycles. The van der Waals surface area contributed by atoms with Crippen molar-refractivity contribution in [1.29, 1.82) is 0 Å². The van der Waals surface area contributed by atoms with E-state index in [1.807, 2.05) is 66.7 Å². The van der Waals surface area contributed by atoms with Crippen LogP contribution in [0.3, 0.4) is 0 Å². The Bertz CT molecular complexity index is 1310. The molecular weight excluding hydrogens is 402 g/mol. The van der Waals surface area contributed by atoms with Gasteiger partial charge in [0.25, 0.3) is 5.91 Å². The first-order valence-corrected chi connectivity index (χ1v) is 10.4. The number of aliphatic hydroxyl groups is 1. The largest absolute Gasteiger partial charge is 0.453 e. The zero-order chi connectivity index (χ0) is 22.1. The highest BCUT2D eigenvalue weighted by atomic mass is 16.3. The van der Waals surface area contributed by atoms with Gasteiger partial charge in [0.1, 0.15) is 5.58 Å². The molecule has 0 spiro atoms. The van der Waals surface area contributed by atoms with Crippen LogP contribution in [0.4, 0.5) is 5.69 Å². The molecule has 0 unspecified atom stereocenters. The standard InChI is InChI=1S/C27H21NO4/c29-23(25-17-20-12-4-7-15-24(20)32-25)18-27(31)21-13-5-6-14-22(21)28(26(27)30)16-8-11-19-9-2-1-3-10-19/h1-15,17,31H,16,18H2/b11-8+/t27-/m1/s1. The van der Waals surface area contributed by atoms with Gasteiger partial charge in [0.05, 0.1) is 12.1 Å². The lowest BCUT2D eigenvalue weighted by molar-refractivity contribution is -0.135. The smallest absolute Gasteiger partial charge is 0.264 e. The SMILES string of the molecule is O=C(C[C@]1(O)C(=O)N(C/C=C/c2ccccc2)c2ccccc21)c1cc2ccccc2o1. The Morgan fingerprint density at radius 3 is 2.50 bits per heavy atom. The molecule has 158 valence electrons. The maximum absolute atomic E-state index is 13.3. The number of hydrogen-bond donors (Lipinski definition) is 1. The number of ketones is 1. The lowest BCUT2D eigenvalue weighted by atomic mass is 9.89. The molecule has 0 aliphatic carbocycles. The van der Waals surface area contributed by atoms with Crippen molar-refractivity contribution in [3.63, 3.8) is 0 Å². The highest BCUT2D eigenvalue weighted by Crippen LogP contribution is 2.43. The van der Waals surface area contributed by atoms with Gasteiger partial charge in [-0.25, -0.2) is 0 Å². The Morgan fingerprint density at radius 2 is 1.69 bits per heavy atom. The van der Waals surface area contributed by atoms with Crippen molar-refractivity contribution in [1.82, 2.24) is 0 Å². The molecule has 5 nitrogen and oxygen atoms in total. The second kappa shape index (κ2) is 7.94. The van der Waals surface area contributed by atoms with Crippen molar-refractivity contribution in [2.24, 2.45) is 0 Å². The van der Waals surface area contributed by atoms with Crippen LogP contribution in [0.2, 0.25) is 0 Å². The Hall–Kier alpha value is -3.96. The van der Waals surface area contributed by atoms with E-state index in [0.717, 1.165) is 10.9 Å². The number of Topliss-reactive ketones (excluding diaryl/α,β-unsaturated/α-hetero) is 1. The van der Waals surface area contributed by atoms with Gasteiger partial charge in [-0.1, -0.05) is 78.9 Å². The minimum Gasteiger partial charge on any atom is -0.453 e. The third-order valence-corrected chi connectivity index (χ3v) is 5.75. The molecule has 5 rings (SSSR count). The Labute approximate surface area is 185 Å². The number of carbonyl (C=O) groups is 2. The van der Waals surface area contributed by atoms with Crippen LogP contribution >= 0.6 is 0 Å². The normalized spacial score (nSPS) is 17.9. The minimum atomic E-state index is -1.94. The molecule has 1 aromatic heterocycles. The Morgan fingerprint density at radius 1 is 0.969 bits per heavy atom. The van der Waals surface area contributed by atoms with E-state index in [1.54, 1.807) is 30.3 Å². The third-order valence-electron chi connectivity index (χ3n) is 5.75. The van der Waals surface area contributed by atoms with Crippen LogP contribution < -0.4 is 4.90 Å². The summed E-state index contributed by atoms with van der Waals surface area (Å²) in [6.07, 6.45) is 3.41. The minimum absolute atomic E-state index is 0.132. The highest BCUT2D eigenvalue weighted by molar-refractivity contribution is 6.11. The van der Waals surface area contributed by atoms with Gasteiger partial charge >= 0.3 is 0 Å². The van der Waals surface area contributed by atoms with Gasteiger partial charge in [0.15, 0.2) is 11.4 Å². The first-order chi connectivity index (χ1) is 15.6. The van der Waals surface area contributed by atoms with Crippen LogP contribution in [0.1, 0.15) is 28.1 Å². The molecule has 1 N–H and O–H groups in total. The summed E-state index contributed by atoms with van der Waals surface area (Å²) in [5.74, 6) is -0.804. The van der Waals surface area contributed by atoms with Gasteiger partial charge in [-0.15, -0.1) is 0 Å². The van der Waals surface area contributed by atoms with Gasteiger partial charge < -0.3 is 14.4 Å². The van der Waals surface area contributed by atoms with Crippen LogP contribution in [0.5, 0.6) is 0 Å². The zero-order valence-corrected chi connectivity index (χ0v) is 17.3. The number of anilines is 1. The van der Waals surface area contributed by atoms with Gasteiger partial charge in [-0.2, -0.15) is 0 Å². The third kappa shape index (κ3) is 3.43. The van der Waals surface area contributed by atoms with E-state index in [1.165, 1.54) is 4.90 Å². The van der Waals surface area contributed by atoms with Gasteiger partial charge in [0.2, 0.25) is 5.78 Å². The molecule has 5 heteroatoms. The average molecular weight is 423 g/mol. The molecular formula is C27H21NO4. The molecule has 4 aromatic rings. The van der Waals surface area contributed by atoms with Gasteiger partial charge in [-0.3, -0.25) is 9.59 Å². The van der Waals surface area contributed by atoms with Crippen LogP contribution in [0.15, 0.2) is 95.4 Å². The topological polar surface area (TPSA) is 70.8 Å². The van der Waals surface area contributed by atoms with E-state index in [-0.39, 0.29) is 18.7 Å². The summed E-state index contributed by atoms with van der Waals surface area (Å²) in [4.78, 5) is 27.8. The molecule has 2 heterocycles. The lowest BCUT2D eigenvalue weighted by Gasteiger charge is -2.21.